The summed E-state index contributed by atoms with van der Waals surface area (Å²) in [6.45, 7) is 6.64. The van der Waals surface area contributed by atoms with E-state index in [2.05, 4.69) is 0 Å². The van der Waals surface area contributed by atoms with Crippen molar-refractivity contribution >= 4 is 5.78 Å². The highest BCUT2D eigenvalue weighted by Gasteiger charge is 2.15. The minimum absolute atomic E-state index is 0.148. The van der Waals surface area contributed by atoms with Crippen LogP contribution in [0.5, 0.6) is 0 Å². The van der Waals surface area contributed by atoms with Crippen LogP contribution >= 0.6 is 0 Å². The summed E-state index contributed by atoms with van der Waals surface area (Å²) >= 11 is 0. The van der Waals surface area contributed by atoms with Crippen molar-refractivity contribution < 1.29 is 14.3 Å². The molecule has 0 aromatic rings. The second kappa shape index (κ2) is 6.11. The predicted molar refractivity (Wildman–Crippen MR) is 51.8 cm³/mol. The second-order valence-corrected chi connectivity index (χ2v) is 3.66. The lowest BCUT2D eigenvalue weighted by molar-refractivity contribution is -0.124. The first-order valence-electron chi connectivity index (χ1n) is 4.66. The molecule has 0 aromatic carbocycles. The normalized spacial score (nSPS) is 11.7. The van der Waals surface area contributed by atoms with Gasteiger partial charge in [-0.3, -0.25) is 4.79 Å². The standard InChI is InChI=1S/C10H20O3/c1-5-9(11)8-13-7-6-10(2,3)12-4/h5-8H2,1-4H3. The van der Waals surface area contributed by atoms with E-state index in [-0.39, 0.29) is 18.0 Å². The van der Waals surface area contributed by atoms with Crippen molar-refractivity contribution in [3.63, 3.8) is 0 Å². The van der Waals surface area contributed by atoms with Crippen molar-refractivity contribution in [3.8, 4) is 0 Å². The van der Waals surface area contributed by atoms with Gasteiger partial charge in [0, 0.05) is 20.1 Å². The summed E-state index contributed by atoms with van der Waals surface area (Å²) < 4.78 is 10.4. The van der Waals surface area contributed by atoms with Gasteiger partial charge in [-0.05, 0) is 20.3 Å². The van der Waals surface area contributed by atoms with E-state index in [0.717, 1.165) is 6.42 Å². The summed E-state index contributed by atoms with van der Waals surface area (Å²) in [4.78, 5) is 10.8. The van der Waals surface area contributed by atoms with Crippen LogP contribution in [-0.4, -0.2) is 31.7 Å². The van der Waals surface area contributed by atoms with Crippen molar-refractivity contribution in [2.75, 3.05) is 20.3 Å². The maximum absolute atomic E-state index is 10.8. The van der Waals surface area contributed by atoms with E-state index in [9.17, 15) is 4.79 Å². The molecule has 0 rings (SSSR count). The van der Waals surface area contributed by atoms with Gasteiger partial charge >= 0.3 is 0 Å². The molecule has 0 heterocycles. The van der Waals surface area contributed by atoms with Crippen molar-refractivity contribution in [1.82, 2.24) is 0 Å². The number of hydrogen-bond donors (Lipinski definition) is 0. The van der Waals surface area contributed by atoms with Gasteiger partial charge in [0.2, 0.25) is 0 Å². The Kier molecular flexibility index (Phi) is 5.91. The summed E-state index contributed by atoms with van der Waals surface area (Å²) in [6, 6.07) is 0. The van der Waals surface area contributed by atoms with E-state index in [1.165, 1.54) is 0 Å². The summed E-state index contributed by atoms with van der Waals surface area (Å²) in [5.41, 5.74) is -0.157. The Balaban J connectivity index is 3.41. The third kappa shape index (κ3) is 6.72. The van der Waals surface area contributed by atoms with Crippen LogP contribution in [-0.2, 0) is 14.3 Å². The maximum Gasteiger partial charge on any atom is 0.158 e. The van der Waals surface area contributed by atoms with E-state index in [4.69, 9.17) is 9.47 Å². The number of rotatable bonds is 7. The number of carbonyl (C=O) groups is 1. The maximum atomic E-state index is 10.8. The van der Waals surface area contributed by atoms with Crippen LogP contribution in [0.15, 0.2) is 0 Å². The van der Waals surface area contributed by atoms with Crippen LogP contribution < -0.4 is 0 Å². The molecule has 0 N–H and O–H groups in total. The zero-order chi connectivity index (χ0) is 10.3. The Labute approximate surface area is 80.4 Å². The first-order chi connectivity index (χ1) is 6.02. The highest BCUT2D eigenvalue weighted by molar-refractivity contribution is 5.79. The van der Waals surface area contributed by atoms with Gasteiger partial charge in [-0.25, -0.2) is 0 Å². The van der Waals surface area contributed by atoms with E-state index in [1.54, 1.807) is 7.11 Å². The molecule has 0 saturated heterocycles. The van der Waals surface area contributed by atoms with Gasteiger partial charge in [0.1, 0.15) is 6.61 Å². The van der Waals surface area contributed by atoms with Gasteiger partial charge in [-0.2, -0.15) is 0 Å². The van der Waals surface area contributed by atoms with E-state index in [1.807, 2.05) is 20.8 Å². The largest absolute Gasteiger partial charge is 0.379 e. The van der Waals surface area contributed by atoms with Gasteiger partial charge in [0.15, 0.2) is 5.78 Å². The Morgan fingerprint density at radius 3 is 2.46 bits per heavy atom. The van der Waals surface area contributed by atoms with Gasteiger partial charge < -0.3 is 9.47 Å². The third-order valence-electron chi connectivity index (χ3n) is 2.06. The smallest absolute Gasteiger partial charge is 0.158 e. The lowest BCUT2D eigenvalue weighted by Crippen LogP contribution is -2.25. The Bertz CT molecular complexity index is 152. The summed E-state index contributed by atoms with van der Waals surface area (Å²) in [6.07, 6.45) is 1.36. The lowest BCUT2D eigenvalue weighted by atomic mass is 10.1. The molecule has 0 aliphatic carbocycles. The highest BCUT2D eigenvalue weighted by atomic mass is 16.5. The molecular formula is C10H20O3. The molecule has 78 valence electrons. The Hall–Kier alpha value is -0.410. The second-order valence-electron chi connectivity index (χ2n) is 3.66. The van der Waals surface area contributed by atoms with Crippen LogP contribution in [0.4, 0.5) is 0 Å². The number of ether oxygens (including phenoxy) is 2. The molecule has 0 aliphatic rings. The molecule has 0 aromatic heterocycles. The first kappa shape index (κ1) is 12.6. The molecule has 0 unspecified atom stereocenters. The predicted octanol–water partition coefficient (Wildman–Crippen LogP) is 1.80. The molecule has 13 heavy (non-hydrogen) atoms. The number of Topliss-reactive ketones (excluding diaryl/α,β-unsaturated/α-hetero) is 1. The molecule has 3 heteroatoms. The molecule has 0 bridgehead atoms. The van der Waals surface area contributed by atoms with Gasteiger partial charge in [0.25, 0.3) is 0 Å². The fourth-order valence-electron chi connectivity index (χ4n) is 0.708. The van der Waals surface area contributed by atoms with Crippen molar-refractivity contribution in [3.05, 3.63) is 0 Å². The van der Waals surface area contributed by atoms with E-state index in [0.29, 0.717) is 13.0 Å². The van der Waals surface area contributed by atoms with Crippen molar-refractivity contribution in [2.45, 2.75) is 39.2 Å². The van der Waals surface area contributed by atoms with Crippen LogP contribution in [0, 0.1) is 0 Å². The molecule has 0 radical (unpaired) electrons. The fraction of sp³-hybridized carbons (Fsp3) is 0.900. The quantitative estimate of drug-likeness (QED) is 0.571. The Morgan fingerprint density at radius 1 is 1.38 bits per heavy atom. The number of carbonyl (C=O) groups excluding carboxylic acids is 1. The van der Waals surface area contributed by atoms with E-state index < -0.39 is 0 Å². The minimum atomic E-state index is -0.157. The lowest BCUT2D eigenvalue weighted by Gasteiger charge is -2.22. The first-order valence-corrected chi connectivity index (χ1v) is 4.66. The molecule has 0 saturated carbocycles. The number of hydrogen-bond acceptors (Lipinski definition) is 3. The van der Waals surface area contributed by atoms with Crippen LogP contribution in [0.2, 0.25) is 0 Å². The molecule has 0 fully saturated rings. The zero-order valence-corrected chi connectivity index (χ0v) is 9.05. The molecular weight excluding hydrogens is 168 g/mol. The summed E-state index contributed by atoms with van der Waals surface area (Å²) in [7, 11) is 1.68. The zero-order valence-electron chi connectivity index (χ0n) is 9.05. The number of ketones is 1. The van der Waals surface area contributed by atoms with E-state index >= 15 is 0 Å². The topological polar surface area (TPSA) is 35.5 Å². The molecule has 0 atom stereocenters. The van der Waals surface area contributed by atoms with Gasteiger partial charge in [-0.15, -0.1) is 0 Å². The SMILES string of the molecule is CCC(=O)COCCC(C)(C)OC. The average molecular weight is 188 g/mol. The Morgan fingerprint density at radius 2 is 2.00 bits per heavy atom. The van der Waals surface area contributed by atoms with Crippen molar-refractivity contribution in [2.24, 2.45) is 0 Å². The summed E-state index contributed by atoms with van der Waals surface area (Å²) in [5.74, 6) is 0.148. The minimum Gasteiger partial charge on any atom is -0.379 e. The highest BCUT2D eigenvalue weighted by Crippen LogP contribution is 2.12. The number of methoxy groups -OCH3 is 1. The molecule has 3 nitrogen and oxygen atoms in total. The third-order valence-corrected chi connectivity index (χ3v) is 2.06. The monoisotopic (exact) mass is 188 g/mol. The van der Waals surface area contributed by atoms with Crippen LogP contribution in [0.1, 0.15) is 33.6 Å². The van der Waals surface area contributed by atoms with Crippen LogP contribution in [0.25, 0.3) is 0 Å². The van der Waals surface area contributed by atoms with Crippen LogP contribution in [0.3, 0.4) is 0 Å². The van der Waals surface area contributed by atoms with Gasteiger partial charge in [0.05, 0.1) is 5.60 Å². The van der Waals surface area contributed by atoms with Gasteiger partial charge in [-0.1, -0.05) is 6.92 Å². The van der Waals surface area contributed by atoms with Crippen molar-refractivity contribution in [1.29, 1.82) is 0 Å². The summed E-state index contributed by atoms with van der Waals surface area (Å²) in [5, 5.41) is 0. The molecule has 0 aliphatic heterocycles. The molecule has 0 spiro atoms. The average Bonchev–Trinajstić information content (AvgIpc) is 2.12. The fourth-order valence-corrected chi connectivity index (χ4v) is 0.708. The molecule has 0 amide bonds.